The maximum absolute atomic E-state index is 11.1. The van der Waals surface area contributed by atoms with Gasteiger partial charge in [-0.3, -0.25) is 4.79 Å². The maximum atomic E-state index is 11.1. The Morgan fingerprint density at radius 1 is 1.29 bits per heavy atom. The molecule has 4 heteroatoms. The van der Waals surface area contributed by atoms with E-state index in [1.807, 2.05) is 11.8 Å². The van der Waals surface area contributed by atoms with Crippen LogP contribution in [0.25, 0.3) is 0 Å². The minimum atomic E-state index is 0.135. The van der Waals surface area contributed by atoms with Crippen LogP contribution in [-0.2, 0) is 4.79 Å². The molecule has 0 saturated carbocycles. The SMILES string of the molecule is CSCCCCCNC(=O)CCCCl. The Bertz CT molecular complexity index is 144. The molecule has 0 radical (unpaired) electrons. The molecule has 0 rings (SSSR count). The van der Waals surface area contributed by atoms with Crippen molar-refractivity contribution >= 4 is 29.3 Å². The van der Waals surface area contributed by atoms with Crippen LogP contribution in [0.5, 0.6) is 0 Å². The summed E-state index contributed by atoms with van der Waals surface area (Å²) in [5.41, 5.74) is 0. The van der Waals surface area contributed by atoms with Crippen LogP contribution in [0.15, 0.2) is 0 Å². The van der Waals surface area contributed by atoms with Crippen molar-refractivity contribution in [1.29, 1.82) is 0 Å². The number of hydrogen-bond acceptors (Lipinski definition) is 2. The Hall–Kier alpha value is 0.110. The van der Waals surface area contributed by atoms with Crippen LogP contribution >= 0.6 is 23.4 Å². The number of halogens is 1. The van der Waals surface area contributed by atoms with Gasteiger partial charge in [0.1, 0.15) is 0 Å². The Kier molecular flexibility index (Phi) is 11.3. The highest BCUT2D eigenvalue weighted by atomic mass is 35.5. The van der Waals surface area contributed by atoms with Crippen LogP contribution in [0.1, 0.15) is 32.1 Å². The van der Waals surface area contributed by atoms with Gasteiger partial charge in [-0.1, -0.05) is 6.42 Å². The lowest BCUT2D eigenvalue weighted by atomic mass is 10.2. The van der Waals surface area contributed by atoms with Crippen molar-refractivity contribution in [3.8, 4) is 0 Å². The van der Waals surface area contributed by atoms with E-state index < -0.39 is 0 Å². The summed E-state index contributed by atoms with van der Waals surface area (Å²) in [4.78, 5) is 11.1. The second-order valence-corrected chi connectivity index (χ2v) is 4.56. The third-order valence-corrected chi connectivity index (χ3v) is 2.85. The van der Waals surface area contributed by atoms with Gasteiger partial charge in [-0.25, -0.2) is 0 Å². The minimum absolute atomic E-state index is 0.135. The van der Waals surface area contributed by atoms with Crippen LogP contribution in [0.4, 0.5) is 0 Å². The third kappa shape index (κ3) is 10.2. The Labute approximate surface area is 96.2 Å². The van der Waals surface area contributed by atoms with Gasteiger partial charge in [0.2, 0.25) is 5.91 Å². The summed E-state index contributed by atoms with van der Waals surface area (Å²) in [5, 5.41) is 2.89. The minimum Gasteiger partial charge on any atom is -0.356 e. The summed E-state index contributed by atoms with van der Waals surface area (Å²) >= 11 is 7.36. The monoisotopic (exact) mass is 237 g/mol. The summed E-state index contributed by atoms with van der Waals surface area (Å²) in [7, 11) is 0. The van der Waals surface area contributed by atoms with Gasteiger partial charge in [0.15, 0.2) is 0 Å². The fourth-order valence-electron chi connectivity index (χ4n) is 1.09. The van der Waals surface area contributed by atoms with E-state index in [0.29, 0.717) is 12.3 Å². The van der Waals surface area contributed by atoms with Gasteiger partial charge >= 0.3 is 0 Å². The van der Waals surface area contributed by atoms with Gasteiger partial charge in [0.25, 0.3) is 0 Å². The van der Waals surface area contributed by atoms with Crippen molar-refractivity contribution < 1.29 is 4.79 Å². The van der Waals surface area contributed by atoms with Gasteiger partial charge < -0.3 is 5.32 Å². The van der Waals surface area contributed by atoms with E-state index in [9.17, 15) is 4.79 Å². The molecule has 0 aliphatic rings. The Morgan fingerprint density at radius 2 is 2.07 bits per heavy atom. The molecule has 0 fully saturated rings. The molecule has 0 aromatic rings. The summed E-state index contributed by atoms with van der Waals surface area (Å²) in [5.74, 6) is 1.93. The normalized spacial score (nSPS) is 10.1. The third-order valence-electron chi connectivity index (χ3n) is 1.88. The average Bonchev–Trinajstić information content (AvgIpc) is 2.20. The van der Waals surface area contributed by atoms with E-state index in [1.165, 1.54) is 18.6 Å². The molecule has 14 heavy (non-hydrogen) atoms. The number of amides is 1. The highest BCUT2D eigenvalue weighted by Gasteiger charge is 1.98. The van der Waals surface area contributed by atoms with Crippen LogP contribution in [0, 0.1) is 0 Å². The molecule has 0 heterocycles. The van der Waals surface area contributed by atoms with Gasteiger partial charge in [0.05, 0.1) is 0 Å². The lowest BCUT2D eigenvalue weighted by Crippen LogP contribution is -2.24. The molecule has 0 spiro atoms. The van der Waals surface area contributed by atoms with Gasteiger partial charge in [-0.2, -0.15) is 11.8 Å². The summed E-state index contributed by atoms with van der Waals surface area (Å²) in [6.07, 6.45) is 7.00. The number of thioether (sulfide) groups is 1. The zero-order valence-corrected chi connectivity index (χ0v) is 10.4. The first-order valence-corrected chi connectivity index (χ1v) is 7.05. The van der Waals surface area contributed by atoms with Gasteiger partial charge in [0, 0.05) is 18.8 Å². The molecule has 0 aliphatic carbocycles. The van der Waals surface area contributed by atoms with Crippen molar-refractivity contribution in [2.24, 2.45) is 0 Å². The lowest BCUT2D eigenvalue weighted by molar-refractivity contribution is -0.121. The Balaban J connectivity index is 3.07. The first kappa shape index (κ1) is 14.1. The summed E-state index contributed by atoms with van der Waals surface area (Å²) in [6, 6.07) is 0. The number of rotatable bonds is 9. The largest absolute Gasteiger partial charge is 0.356 e. The van der Waals surface area contributed by atoms with Crippen molar-refractivity contribution in [2.45, 2.75) is 32.1 Å². The first-order valence-electron chi connectivity index (χ1n) is 5.13. The molecular formula is C10H20ClNOS. The summed E-state index contributed by atoms with van der Waals surface area (Å²) < 4.78 is 0. The first-order chi connectivity index (χ1) is 6.81. The molecule has 84 valence electrons. The second-order valence-electron chi connectivity index (χ2n) is 3.20. The molecule has 0 aromatic carbocycles. The molecule has 1 N–H and O–H groups in total. The lowest BCUT2D eigenvalue weighted by Gasteiger charge is -2.03. The van der Waals surface area contributed by atoms with Crippen molar-refractivity contribution in [2.75, 3.05) is 24.4 Å². The predicted octanol–water partition coefficient (Wildman–Crippen LogP) is 2.65. The number of alkyl halides is 1. The maximum Gasteiger partial charge on any atom is 0.220 e. The van der Waals surface area contributed by atoms with Crippen molar-refractivity contribution in [3.63, 3.8) is 0 Å². The molecular weight excluding hydrogens is 218 g/mol. The van der Waals surface area contributed by atoms with E-state index in [1.54, 1.807) is 0 Å². The number of nitrogens with one attached hydrogen (secondary N) is 1. The highest BCUT2D eigenvalue weighted by Crippen LogP contribution is 2.01. The molecule has 1 amide bonds. The van der Waals surface area contributed by atoms with Crippen LogP contribution in [0.3, 0.4) is 0 Å². The fraction of sp³-hybridized carbons (Fsp3) is 0.900. The van der Waals surface area contributed by atoms with E-state index in [0.717, 1.165) is 19.4 Å². The molecule has 0 saturated heterocycles. The van der Waals surface area contributed by atoms with Gasteiger partial charge in [-0.05, 0) is 31.3 Å². The number of carbonyl (C=O) groups excluding carboxylic acids is 1. The molecule has 2 nitrogen and oxygen atoms in total. The van der Waals surface area contributed by atoms with E-state index >= 15 is 0 Å². The van der Waals surface area contributed by atoms with E-state index in [4.69, 9.17) is 11.6 Å². The second kappa shape index (κ2) is 11.2. The molecule has 0 bridgehead atoms. The average molecular weight is 238 g/mol. The van der Waals surface area contributed by atoms with Crippen LogP contribution in [-0.4, -0.2) is 30.3 Å². The fourth-order valence-corrected chi connectivity index (χ4v) is 1.72. The quantitative estimate of drug-likeness (QED) is 0.494. The molecule has 0 aliphatic heterocycles. The van der Waals surface area contributed by atoms with E-state index in [-0.39, 0.29) is 5.91 Å². The zero-order chi connectivity index (χ0) is 10.6. The standard InChI is InChI=1S/C10H20ClNOS/c1-14-9-4-2-3-8-12-10(13)6-5-7-11/h2-9H2,1H3,(H,12,13). The van der Waals surface area contributed by atoms with Crippen LogP contribution in [0.2, 0.25) is 0 Å². The predicted molar refractivity (Wildman–Crippen MR) is 65.2 cm³/mol. The van der Waals surface area contributed by atoms with E-state index in [2.05, 4.69) is 11.6 Å². The number of hydrogen-bond donors (Lipinski definition) is 1. The van der Waals surface area contributed by atoms with Crippen molar-refractivity contribution in [1.82, 2.24) is 5.32 Å². The highest BCUT2D eigenvalue weighted by molar-refractivity contribution is 7.98. The number of carbonyl (C=O) groups is 1. The Morgan fingerprint density at radius 3 is 2.71 bits per heavy atom. The molecule has 0 aromatic heterocycles. The van der Waals surface area contributed by atoms with Crippen molar-refractivity contribution in [3.05, 3.63) is 0 Å². The smallest absolute Gasteiger partial charge is 0.220 e. The number of unbranched alkanes of at least 4 members (excludes halogenated alkanes) is 2. The van der Waals surface area contributed by atoms with Gasteiger partial charge in [-0.15, -0.1) is 11.6 Å². The zero-order valence-electron chi connectivity index (χ0n) is 8.85. The summed E-state index contributed by atoms with van der Waals surface area (Å²) in [6.45, 7) is 0.815. The molecule has 0 atom stereocenters. The topological polar surface area (TPSA) is 29.1 Å². The van der Waals surface area contributed by atoms with Crippen LogP contribution < -0.4 is 5.32 Å². The molecule has 0 unspecified atom stereocenters.